The van der Waals surface area contributed by atoms with E-state index in [-0.39, 0.29) is 0 Å². The summed E-state index contributed by atoms with van der Waals surface area (Å²) in [5.74, 6) is 0. The molecule has 0 saturated carbocycles. The summed E-state index contributed by atoms with van der Waals surface area (Å²) >= 11 is 1.93. The van der Waals surface area contributed by atoms with Gasteiger partial charge < -0.3 is 4.57 Å². The lowest BCUT2D eigenvalue weighted by Gasteiger charge is -2.07. The molecule has 0 aliphatic carbocycles. The van der Waals surface area contributed by atoms with Crippen LogP contribution in [-0.2, 0) is 0 Å². The summed E-state index contributed by atoms with van der Waals surface area (Å²) in [6.45, 7) is 4.39. The third kappa shape index (κ3) is 2.07. The third-order valence-electron chi connectivity index (χ3n) is 5.76. The summed E-state index contributed by atoms with van der Waals surface area (Å²) in [5, 5.41) is 5.44. The molecule has 0 bridgehead atoms. The van der Waals surface area contributed by atoms with Crippen LogP contribution >= 0.6 is 11.3 Å². The molecular formula is C26H19NS. The minimum atomic E-state index is 1.21. The molecule has 6 aromatic rings. The van der Waals surface area contributed by atoms with Crippen LogP contribution in [0.1, 0.15) is 11.1 Å². The molecule has 28 heavy (non-hydrogen) atoms. The average molecular weight is 378 g/mol. The second-order valence-corrected chi connectivity index (χ2v) is 8.60. The highest BCUT2D eigenvalue weighted by Gasteiger charge is 2.17. The Labute approximate surface area is 167 Å². The maximum absolute atomic E-state index is 2.41. The van der Waals surface area contributed by atoms with Gasteiger partial charge in [-0.2, -0.15) is 0 Å². The van der Waals surface area contributed by atoms with Crippen molar-refractivity contribution in [2.24, 2.45) is 0 Å². The van der Waals surface area contributed by atoms with E-state index in [4.69, 9.17) is 0 Å². The van der Waals surface area contributed by atoms with Crippen LogP contribution in [-0.4, -0.2) is 4.57 Å². The van der Waals surface area contributed by atoms with Gasteiger partial charge in [-0.15, -0.1) is 11.3 Å². The van der Waals surface area contributed by atoms with Crippen molar-refractivity contribution >= 4 is 53.3 Å². The number of thiophene rings is 1. The molecule has 0 aliphatic rings. The van der Waals surface area contributed by atoms with Gasteiger partial charge in [-0.05, 0) is 49.2 Å². The monoisotopic (exact) mass is 377 g/mol. The predicted octanol–water partition coefficient (Wildman–Crippen LogP) is 7.77. The lowest BCUT2D eigenvalue weighted by atomic mass is 10.1. The molecule has 0 radical (unpaired) electrons. The molecule has 0 N–H and O–H groups in total. The number of rotatable bonds is 1. The maximum atomic E-state index is 2.41. The number of aryl methyl sites for hydroxylation is 2. The lowest BCUT2D eigenvalue weighted by molar-refractivity contribution is 1.18. The molecule has 0 unspecified atom stereocenters. The van der Waals surface area contributed by atoms with E-state index < -0.39 is 0 Å². The van der Waals surface area contributed by atoms with Gasteiger partial charge in [0.15, 0.2) is 0 Å². The fraction of sp³-hybridized carbons (Fsp3) is 0.0769. The summed E-state index contributed by atoms with van der Waals surface area (Å²) in [5.41, 5.74) is 6.42. The van der Waals surface area contributed by atoms with Crippen LogP contribution < -0.4 is 0 Å². The van der Waals surface area contributed by atoms with Gasteiger partial charge in [-0.1, -0.05) is 54.6 Å². The van der Waals surface area contributed by atoms with Gasteiger partial charge >= 0.3 is 0 Å². The van der Waals surface area contributed by atoms with E-state index in [1.165, 1.54) is 58.8 Å². The number of nitrogens with zero attached hydrogens (tertiary/aromatic N) is 1. The molecule has 2 heteroatoms. The number of fused-ring (bicyclic) bond motifs is 7. The normalized spacial score (nSPS) is 11.9. The van der Waals surface area contributed by atoms with Gasteiger partial charge in [0.2, 0.25) is 0 Å². The number of hydrogen-bond acceptors (Lipinski definition) is 1. The van der Waals surface area contributed by atoms with E-state index in [2.05, 4.69) is 97.3 Å². The second kappa shape index (κ2) is 5.70. The van der Waals surface area contributed by atoms with Crippen molar-refractivity contribution in [3.05, 3.63) is 90.0 Å². The van der Waals surface area contributed by atoms with Gasteiger partial charge in [0.25, 0.3) is 0 Å². The van der Waals surface area contributed by atoms with Gasteiger partial charge in [0.1, 0.15) is 0 Å². The third-order valence-corrected chi connectivity index (χ3v) is 7.13. The Kier molecular flexibility index (Phi) is 3.24. The predicted molar refractivity (Wildman–Crippen MR) is 123 cm³/mol. The first-order valence-corrected chi connectivity index (χ1v) is 10.4. The standard InChI is InChI=1S/C26H19NS/c1-16-11-12-21-23(15-16)27(18-8-4-3-5-9-18)22-14-13-20-19-10-6-7-17(2)25(19)28-26(20)24(21)22/h3-15H,1-2H3. The summed E-state index contributed by atoms with van der Waals surface area (Å²) < 4.78 is 5.21. The summed E-state index contributed by atoms with van der Waals surface area (Å²) in [6, 6.07) is 28.8. The Hall–Kier alpha value is -3.10. The van der Waals surface area contributed by atoms with Gasteiger partial charge in [0.05, 0.1) is 11.0 Å². The molecule has 134 valence electrons. The van der Waals surface area contributed by atoms with Crippen molar-refractivity contribution in [1.82, 2.24) is 4.57 Å². The highest BCUT2D eigenvalue weighted by atomic mass is 32.1. The molecule has 4 aromatic carbocycles. The molecule has 2 aromatic heterocycles. The summed E-state index contributed by atoms with van der Waals surface area (Å²) in [4.78, 5) is 0. The zero-order chi connectivity index (χ0) is 18.8. The Balaban J connectivity index is 1.89. The highest BCUT2D eigenvalue weighted by Crippen LogP contribution is 2.44. The first kappa shape index (κ1) is 15.9. The molecular weight excluding hydrogens is 358 g/mol. The van der Waals surface area contributed by atoms with Crippen molar-refractivity contribution in [3.63, 3.8) is 0 Å². The van der Waals surface area contributed by atoms with E-state index in [1.807, 2.05) is 11.3 Å². The van der Waals surface area contributed by atoms with E-state index >= 15 is 0 Å². The van der Waals surface area contributed by atoms with E-state index in [0.717, 1.165) is 0 Å². The molecule has 2 heterocycles. The minimum Gasteiger partial charge on any atom is -0.309 e. The Morgan fingerprint density at radius 3 is 2.29 bits per heavy atom. The van der Waals surface area contributed by atoms with E-state index in [0.29, 0.717) is 0 Å². The maximum Gasteiger partial charge on any atom is 0.0555 e. The van der Waals surface area contributed by atoms with Gasteiger partial charge in [-0.25, -0.2) is 0 Å². The Morgan fingerprint density at radius 2 is 1.43 bits per heavy atom. The van der Waals surface area contributed by atoms with Gasteiger partial charge in [0, 0.05) is 36.6 Å². The Bertz CT molecular complexity index is 1520. The van der Waals surface area contributed by atoms with Crippen molar-refractivity contribution in [3.8, 4) is 5.69 Å². The van der Waals surface area contributed by atoms with Crippen LogP contribution in [0.5, 0.6) is 0 Å². The first-order chi connectivity index (χ1) is 13.7. The SMILES string of the molecule is Cc1ccc2c3c4sc5c(C)cccc5c4ccc3n(-c3ccccc3)c2c1. The number of benzene rings is 4. The number of para-hydroxylation sites is 1. The Morgan fingerprint density at radius 1 is 0.643 bits per heavy atom. The molecule has 6 rings (SSSR count). The lowest BCUT2D eigenvalue weighted by Crippen LogP contribution is -1.93. The smallest absolute Gasteiger partial charge is 0.0555 e. The topological polar surface area (TPSA) is 4.93 Å². The van der Waals surface area contributed by atoms with Crippen molar-refractivity contribution < 1.29 is 0 Å². The quantitative estimate of drug-likeness (QED) is 0.276. The van der Waals surface area contributed by atoms with Crippen LogP contribution in [0.15, 0.2) is 78.9 Å². The van der Waals surface area contributed by atoms with E-state index in [1.54, 1.807) is 0 Å². The fourth-order valence-corrected chi connectivity index (χ4v) is 5.79. The number of hydrogen-bond donors (Lipinski definition) is 0. The minimum absolute atomic E-state index is 1.21. The molecule has 0 atom stereocenters. The van der Waals surface area contributed by atoms with Crippen LogP contribution in [0.2, 0.25) is 0 Å². The van der Waals surface area contributed by atoms with Crippen molar-refractivity contribution in [2.45, 2.75) is 13.8 Å². The molecule has 1 nitrogen and oxygen atoms in total. The first-order valence-electron chi connectivity index (χ1n) is 9.63. The van der Waals surface area contributed by atoms with Gasteiger partial charge in [-0.3, -0.25) is 0 Å². The summed E-state index contributed by atoms with van der Waals surface area (Å²) in [7, 11) is 0. The molecule has 0 saturated heterocycles. The summed E-state index contributed by atoms with van der Waals surface area (Å²) in [6.07, 6.45) is 0. The molecule has 0 amide bonds. The van der Waals surface area contributed by atoms with E-state index in [9.17, 15) is 0 Å². The second-order valence-electron chi connectivity index (χ2n) is 7.58. The molecule has 0 aliphatic heterocycles. The fourth-order valence-electron chi connectivity index (χ4n) is 4.46. The number of aromatic nitrogens is 1. The van der Waals surface area contributed by atoms with Crippen molar-refractivity contribution in [2.75, 3.05) is 0 Å². The zero-order valence-electron chi connectivity index (χ0n) is 15.9. The highest BCUT2D eigenvalue weighted by molar-refractivity contribution is 7.27. The van der Waals surface area contributed by atoms with Crippen LogP contribution in [0.3, 0.4) is 0 Å². The van der Waals surface area contributed by atoms with Crippen molar-refractivity contribution in [1.29, 1.82) is 0 Å². The molecule has 0 fully saturated rings. The van der Waals surface area contributed by atoms with Crippen LogP contribution in [0.4, 0.5) is 0 Å². The largest absolute Gasteiger partial charge is 0.309 e. The molecule has 0 spiro atoms. The average Bonchev–Trinajstić information content (AvgIpc) is 3.24. The van der Waals surface area contributed by atoms with Crippen LogP contribution in [0.25, 0.3) is 47.7 Å². The zero-order valence-corrected chi connectivity index (χ0v) is 16.7. The van der Waals surface area contributed by atoms with Crippen LogP contribution in [0, 0.1) is 13.8 Å².